The van der Waals surface area contributed by atoms with Gasteiger partial charge in [0.05, 0.1) is 5.02 Å². The third-order valence-corrected chi connectivity index (χ3v) is 2.75. The molecule has 0 radical (unpaired) electrons. The minimum absolute atomic E-state index is 0.00508. The highest BCUT2D eigenvalue weighted by Gasteiger charge is 2.13. The highest BCUT2D eigenvalue weighted by Crippen LogP contribution is 2.15. The van der Waals surface area contributed by atoms with E-state index < -0.39 is 5.82 Å². The van der Waals surface area contributed by atoms with Crippen LogP contribution in [0.4, 0.5) is 4.39 Å². The van der Waals surface area contributed by atoms with Crippen LogP contribution >= 0.6 is 11.6 Å². The lowest BCUT2D eigenvalue weighted by molar-refractivity contribution is 0.0935. The van der Waals surface area contributed by atoms with E-state index in [4.69, 9.17) is 17.3 Å². The van der Waals surface area contributed by atoms with Crippen molar-refractivity contribution in [1.82, 2.24) is 5.32 Å². The van der Waals surface area contributed by atoms with Gasteiger partial charge in [-0.2, -0.15) is 0 Å². The fourth-order valence-corrected chi connectivity index (χ4v) is 1.62. The normalized spacial score (nSPS) is 12.2. The molecule has 0 aliphatic rings. The van der Waals surface area contributed by atoms with E-state index in [-0.39, 0.29) is 22.5 Å². The van der Waals surface area contributed by atoms with Crippen LogP contribution in [0.2, 0.25) is 5.02 Å². The summed E-state index contributed by atoms with van der Waals surface area (Å²) in [5, 5.41) is 2.76. The molecule has 0 aromatic heterocycles. The monoisotopic (exact) mass is 258 g/mol. The third-order valence-electron chi connectivity index (χ3n) is 2.44. The maximum atomic E-state index is 13.2. The molecule has 0 saturated carbocycles. The molecule has 0 aliphatic heterocycles. The summed E-state index contributed by atoms with van der Waals surface area (Å²) in [6.07, 6.45) is 1.73. The molecule has 5 heteroatoms. The van der Waals surface area contributed by atoms with E-state index in [2.05, 4.69) is 5.32 Å². The zero-order chi connectivity index (χ0) is 12.8. The van der Waals surface area contributed by atoms with Crippen molar-refractivity contribution >= 4 is 17.5 Å². The Bertz CT molecular complexity index is 398. The smallest absolute Gasteiger partial charge is 0.251 e. The summed E-state index contributed by atoms with van der Waals surface area (Å²) < 4.78 is 13.2. The topological polar surface area (TPSA) is 55.1 Å². The van der Waals surface area contributed by atoms with Crippen molar-refractivity contribution < 1.29 is 9.18 Å². The first kappa shape index (κ1) is 13.9. The first-order valence-electron chi connectivity index (χ1n) is 5.54. The lowest BCUT2D eigenvalue weighted by atomic mass is 10.1. The highest BCUT2D eigenvalue weighted by atomic mass is 35.5. The molecule has 3 nitrogen and oxygen atoms in total. The van der Waals surface area contributed by atoms with Crippen molar-refractivity contribution in [3.63, 3.8) is 0 Å². The van der Waals surface area contributed by atoms with E-state index >= 15 is 0 Å². The Balaban J connectivity index is 2.72. The van der Waals surface area contributed by atoms with Crippen molar-refractivity contribution in [3.05, 3.63) is 34.6 Å². The van der Waals surface area contributed by atoms with Crippen LogP contribution in [0.15, 0.2) is 18.2 Å². The van der Waals surface area contributed by atoms with E-state index in [9.17, 15) is 9.18 Å². The molecule has 1 unspecified atom stereocenters. The van der Waals surface area contributed by atoms with E-state index in [1.165, 1.54) is 12.1 Å². The number of nitrogens with one attached hydrogen (secondary N) is 1. The van der Waals surface area contributed by atoms with Crippen molar-refractivity contribution in [2.75, 3.05) is 6.54 Å². The SMILES string of the molecule is CCCC(CN)NC(=O)c1ccc(Cl)c(F)c1. The number of benzene rings is 1. The first-order valence-corrected chi connectivity index (χ1v) is 5.92. The van der Waals surface area contributed by atoms with Gasteiger partial charge in [-0.1, -0.05) is 24.9 Å². The van der Waals surface area contributed by atoms with Crippen molar-refractivity contribution in [2.24, 2.45) is 5.73 Å². The predicted octanol–water partition coefficient (Wildman–Crippen LogP) is 2.34. The third kappa shape index (κ3) is 3.98. The zero-order valence-electron chi connectivity index (χ0n) is 9.67. The summed E-state index contributed by atoms with van der Waals surface area (Å²) in [5.41, 5.74) is 5.78. The summed E-state index contributed by atoms with van der Waals surface area (Å²) in [5.74, 6) is -0.927. The van der Waals surface area contributed by atoms with Crippen LogP contribution in [0.25, 0.3) is 0 Å². The maximum Gasteiger partial charge on any atom is 0.251 e. The van der Waals surface area contributed by atoms with Gasteiger partial charge < -0.3 is 11.1 Å². The number of rotatable bonds is 5. The highest BCUT2D eigenvalue weighted by molar-refractivity contribution is 6.30. The largest absolute Gasteiger partial charge is 0.348 e. The number of carbonyl (C=O) groups is 1. The number of hydrogen-bond acceptors (Lipinski definition) is 2. The van der Waals surface area contributed by atoms with Gasteiger partial charge >= 0.3 is 0 Å². The maximum absolute atomic E-state index is 13.2. The Morgan fingerprint density at radius 1 is 1.59 bits per heavy atom. The van der Waals surface area contributed by atoms with Crippen LogP contribution in [-0.2, 0) is 0 Å². The van der Waals surface area contributed by atoms with E-state index in [1.807, 2.05) is 6.92 Å². The van der Waals surface area contributed by atoms with Crippen LogP contribution in [0.1, 0.15) is 30.1 Å². The molecule has 3 N–H and O–H groups in total. The molecule has 1 rings (SSSR count). The van der Waals surface area contributed by atoms with Crippen LogP contribution in [-0.4, -0.2) is 18.5 Å². The molecule has 0 saturated heterocycles. The average Bonchev–Trinajstić information content (AvgIpc) is 2.31. The van der Waals surface area contributed by atoms with Gasteiger partial charge in [0.2, 0.25) is 0 Å². The van der Waals surface area contributed by atoms with Gasteiger partial charge in [0.1, 0.15) is 5.82 Å². The average molecular weight is 259 g/mol. The van der Waals surface area contributed by atoms with Gasteiger partial charge in [0, 0.05) is 18.2 Å². The molecule has 1 atom stereocenters. The van der Waals surface area contributed by atoms with Crippen LogP contribution in [0, 0.1) is 5.82 Å². The van der Waals surface area contributed by atoms with Crippen molar-refractivity contribution in [3.8, 4) is 0 Å². The number of amides is 1. The number of hydrogen-bond donors (Lipinski definition) is 2. The molecule has 0 spiro atoms. The number of carbonyl (C=O) groups excluding carboxylic acids is 1. The van der Waals surface area contributed by atoms with E-state index in [1.54, 1.807) is 0 Å². The van der Waals surface area contributed by atoms with Gasteiger partial charge in [0.25, 0.3) is 5.91 Å². The quantitative estimate of drug-likeness (QED) is 0.852. The van der Waals surface area contributed by atoms with Gasteiger partial charge in [0.15, 0.2) is 0 Å². The molecule has 0 bridgehead atoms. The molecule has 94 valence electrons. The number of nitrogens with two attached hydrogens (primary N) is 1. The second kappa shape index (κ2) is 6.57. The number of halogens is 2. The first-order chi connectivity index (χ1) is 8.08. The minimum Gasteiger partial charge on any atom is -0.348 e. The molecular formula is C12H16ClFN2O. The van der Waals surface area contributed by atoms with Crippen LogP contribution in [0.3, 0.4) is 0 Å². The molecule has 17 heavy (non-hydrogen) atoms. The molecule has 0 heterocycles. The molecule has 1 aromatic rings. The van der Waals surface area contributed by atoms with Gasteiger partial charge in [-0.15, -0.1) is 0 Å². The standard InChI is InChI=1S/C12H16ClFN2O/c1-2-3-9(7-15)16-12(17)8-4-5-10(13)11(14)6-8/h4-6,9H,2-3,7,15H2,1H3,(H,16,17). The summed E-state index contributed by atoms with van der Waals surface area (Å²) in [7, 11) is 0. The summed E-state index contributed by atoms with van der Waals surface area (Å²) in [6.45, 7) is 2.38. The van der Waals surface area contributed by atoms with Crippen molar-refractivity contribution in [2.45, 2.75) is 25.8 Å². The zero-order valence-corrected chi connectivity index (χ0v) is 10.4. The predicted molar refractivity (Wildman–Crippen MR) is 66.6 cm³/mol. The van der Waals surface area contributed by atoms with E-state index in [0.717, 1.165) is 18.9 Å². The molecule has 1 aromatic carbocycles. The minimum atomic E-state index is -0.598. The summed E-state index contributed by atoms with van der Waals surface area (Å²) in [4.78, 5) is 11.8. The van der Waals surface area contributed by atoms with Gasteiger partial charge in [-0.25, -0.2) is 4.39 Å². The van der Waals surface area contributed by atoms with Gasteiger partial charge in [-0.05, 0) is 24.6 Å². The van der Waals surface area contributed by atoms with Crippen LogP contribution < -0.4 is 11.1 Å². The van der Waals surface area contributed by atoms with E-state index in [0.29, 0.717) is 6.54 Å². The lowest BCUT2D eigenvalue weighted by Gasteiger charge is -2.15. The Kier molecular flexibility index (Phi) is 5.38. The summed E-state index contributed by atoms with van der Waals surface area (Å²) >= 11 is 5.54. The Morgan fingerprint density at radius 3 is 2.82 bits per heavy atom. The second-order valence-electron chi connectivity index (χ2n) is 3.82. The molecule has 0 fully saturated rings. The molecular weight excluding hydrogens is 243 g/mol. The Morgan fingerprint density at radius 2 is 2.29 bits per heavy atom. The van der Waals surface area contributed by atoms with Crippen molar-refractivity contribution in [1.29, 1.82) is 0 Å². The lowest BCUT2D eigenvalue weighted by Crippen LogP contribution is -2.40. The fourth-order valence-electron chi connectivity index (χ4n) is 1.50. The molecule has 1 amide bonds. The fraction of sp³-hybridized carbons (Fsp3) is 0.417. The second-order valence-corrected chi connectivity index (χ2v) is 4.23. The summed E-state index contributed by atoms with van der Waals surface area (Å²) in [6, 6.07) is 3.90. The Labute approximate surface area is 105 Å². The van der Waals surface area contributed by atoms with Crippen LogP contribution in [0.5, 0.6) is 0 Å². The van der Waals surface area contributed by atoms with Gasteiger partial charge in [-0.3, -0.25) is 4.79 Å². The molecule has 0 aliphatic carbocycles. The Hall–Kier alpha value is -1.13.